The van der Waals surface area contributed by atoms with E-state index in [0.29, 0.717) is 11.5 Å². The van der Waals surface area contributed by atoms with E-state index in [1.165, 1.54) is 43.6 Å². The van der Waals surface area contributed by atoms with Crippen molar-refractivity contribution < 1.29 is 27.4 Å². The Hall–Kier alpha value is -2.34. The fourth-order valence-electron chi connectivity index (χ4n) is 3.16. The third-order valence-electron chi connectivity index (χ3n) is 4.70. The van der Waals surface area contributed by atoms with Crippen LogP contribution in [0.5, 0.6) is 11.5 Å². The molecular weight excluding hydrogens is 418 g/mol. The summed E-state index contributed by atoms with van der Waals surface area (Å²) in [6.45, 7) is 2.97. The number of hydrogen-bond acceptors (Lipinski definition) is 7. The van der Waals surface area contributed by atoms with E-state index in [9.17, 15) is 17.4 Å². The lowest BCUT2D eigenvalue weighted by Crippen LogP contribution is -2.64. The number of amides is 1. The summed E-state index contributed by atoms with van der Waals surface area (Å²) in [4.78, 5) is 16.1. The number of nitrogens with one attached hydrogen (secondary N) is 1. The number of hydrogen-bond donors (Lipinski definition) is 2. The second kappa shape index (κ2) is 8.19. The molecule has 2 N–H and O–H groups in total. The quantitative estimate of drug-likeness (QED) is 0.531. The predicted octanol–water partition coefficient (Wildman–Crippen LogP) is 1.28. The highest BCUT2D eigenvalue weighted by Gasteiger charge is 2.51. The summed E-state index contributed by atoms with van der Waals surface area (Å²) in [5.41, 5.74) is 1.50. The Kier molecular flexibility index (Phi) is 6.03. The molecule has 29 heavy (non-hydrogen) atoms. The molecule has 9 nitrogen and oxygen atoms in total. The maximum atomic E-state index is 13.2. The highest BCUT2D eigenvalue weighted by atomic mass is 32.2. The van der Waals surface area contributed by atoms with Crippen molar-refractivity contribution in [2.75, 3.05) is 12.3 Å². The lowest BCUT2D eigenvalue weighted by Gasteiger charge is -2.42. The number of hydroxylamine groups is 1. The molecule has 0 saturated carbocycles. The van der Waals surface area contributed by atoms with Crippen LogP contribution in [0.4, 0.5) is 0 Å². The largest absolute Gasteiger partial charge is 0.457 e. The van der Waals surface area contributed by atoms with E-state index in [1.807, 2.05) is 0 Å². The molecule has 2 heterocycles. The SMILES string of the molecule is CC1(C)C(C(=O)NO)N(S(=O)(=O)c2ccc(Oc3ccncc3)cc2)CCS1=O. The molecule has 1 amide bonds. The fourth-order valence-corrected chi connectivity index (χ4v) is 6.43. The van der Waals surface area contributed by atoms with E-state index in [2.05, 4.69) is 4.98 Å². The molecule has 1 aromatic carbocycles. The van der Waals surface area contributed by atoms with Crippen LogP contribution >= 0.6 is 0 Å². The lowest BCUT2D eigenvalue weighted by atomic mass is 10.0. The van der Waals surface area contributed by atoms with E-state index < -0.39 is 37.5 Å². The Labute approximate surface area is 171 Å². The molecule has 2 aromatic rings. The van der Waals surface area contributed by atoms with Gasteiger partial charge in [-0.3, -0.25) is 19.2 Å². The van der Waals surface area contributed by atoms with Crippen LogP contribution in [0.1, 0.15) is 13.8 Å². The maximum absolute atomic E-state index is 13.2. The van der Waals surface area contributed by atoms with Crippen molar-refractivity contribution in [1.29, 1.82) is 0 Å². The molecule has 1 saturated heterocycles. The van der Waals surface area contributed by atoms with Gasteiger partial charge in [0.05, 0.1) is 9.64 Å². The van der Waals surface area contributed by atoms with Crippen LogP contribution in [-0.2, 0) is 25.6 Å². The van der Waals surface area contributed by atoms with Crippen LogP contribution < -0.4 is 10.2 Å². The number of pyridine rings is 1. The van der Waals surface area contributed by atoms with Crippen molar-refractivity contribution in [3.63, 3.8) is 0 Å². The molecule has 1 aromatic heterocycles. The summed E-state index contributed by atoms with van der Waals surface area (Å²) in [6.07, 6.45) is 3.14. The summed E-state index contributed by atoms with van der Waals surface area (Å²) in [5, 5.41) is 9.10. The number of benzene rings is 1. The topological polar surface area (TPSA) is 126 Å². The van der Waals surface area contributed by atoms with Gasteiger partial charge in [-0.2, -0.15) is 4.31 Å². The molecular formula is C18H21N3O6S2. The molecule has 0 spiro atoms. The zero-order valence-electron chi connectivity index (χ0n) is 15.8. The summed E-state index contributed by atoms with van der Waals surface area (Å²) in [5.74, 6) is 0.143. The minimum atomic E-state index is -4.09. The van der Waals surface area contributed by atoms with Crippen molar-refractivity contribution >= 4 is 26.7 Å². The Morgan fingerprint density at radius 3 is 2.38 bits per heavy atom. The third-order valence-corrected chi connectivity index (χ3v) is 8.53. The molecule has 2 unspecified atom stereocenters. The average molecular weight is 440 g/mol. The first-order valence-corrected chi connectivity index (χ1v) is 11.5. The normalized spacial score (nSPS) is 22.0. The van der Waals surface area contributed by atoms with Gasteiger partial charge in [0, 0.05) is 35.5 Å². The monoisotopic (exact) mass is 439 g/mol. The molecule has 1 aliphatic heterocycles. The van der Waals surface area contributed by atoms with Crippen molar-refractivity contribution in [1.82, 2.24) is 14.8 Å². The Morgan fingerprint density at radius 2 is 1.79 bits per heavy atom. The second-order valence-corrected chi connectivity index (χ2v) is 10.9. The van der Waals surface area contributed by atoms with Gasteiger partial charge in [0.25, 0.3) is 5.91 Å². The Bertz CT molecular complexity index is 1010. The first-order chi connectivity index (χ1) is 13.7. The smallest absolute Gasteiger partial charge is 0.263 e. The first kappa shape index (κ1) is 21.4. The predicted molar refractivity (Wildman–Crippen MR) is 105 cm³/mol. The number of sulfonamides is 1. The van der Waals surface area contributed by atoms with Crippen LogP contribution in [0.25, 0.3) is 0 Å². The number of rotatable bonds is 5. The van der Waals surface area contributed by atoms with Gasteiger partial charge in [0.2, 0.25) is 10.0 Å². The lowest BCUT2D eigenvalue weighted by molar-refractivity contribution is -0.134. The number of nitrogens with zero attached hydrogens (tertiary/aromatic N) is 2. The van der Waals surface area contributed by atoms with Gasteiger partial charge in [-0.25, -0.2) is 13.9 Å². The molecule has 0 radical (unpaired) electrons. The van der Waals surface area contributed by atoms with Crippen LogP contribution in [0.3, 0.4) is 0 Å². The highest BCUT2D eigenvalue weighted by molar-refractivity contribution is 7.90. The number of aromatic nitrogens is 1. The summed E-state index contributed by atoms with van der Waals surface area (Å²) in [7, 11) is -5.53. The molecule has 1 aliphatic rings. The molecule has 0 aliphatic carbocycles. The van der Waals surface area contributed by atoms with Crippen LogP contribution in [-0.4, -0.2) is 56.1 Å². The van der Waals surface area contributed by atoms with E-state index in [-0.39, 0.29) is 17.2 Å². The van der Waals surface area contributed by atoms with Crippen molar-refractivity contribution in [2.24, 2.45) is 0 Å². The molecule has 1 fully saturated rings. The van der Waals surface area contributed by atoms with Gasteiger partial charge in [-0.1, -0.05) is 0 Å². The van der Waals surface area contributed by atoms with E-state index in [0.717, 1.165) is 4.31 Å². The zero-order chi connectivity index (χ0) is 21.2. The van der Waals surface area contributed by atoms with E-state index in [1.54, 1.807) is 24.5 Å². The Balaban J connectivity index is 1.90. The number of carbonyl (C=O) groups excluding carboxylic acids is 1. The third kappa shape index (κ3) is 4.17. The van der Waals surface area contributed by atoms with Gasteiger partial charge >= 0.3 is 0 Å². The number of carbonyl (C=O) groups is 1. The van der Waals surface area contributed by atoms with Crippen LogP contribution in [0.15, 0.2) is 53.7 Å². The average Bonchev–Trinajstić information content (AvgIpc) is 2.70. The van der Waals surface area contributed by atoms with Crippen molar-refractivity contribution in [3.8, 4) is 11.5 Å². The minimum absolute atomic E-state index is 0.0428. The Morgan fingerprint density at radius 1 is 1.21 bits per heavy atom. The second-order valence-electron chi connectivity index (χ2n) is 6.90. The zero-order valence-corrected chi connectivity index (χ0v) is 17.4. The molecule has 11 heteroatoms. The van der Waals surface area contributed by atoms with Crippen LogP contribution in [0.2, 0.25) is 0 Å². The summed E-state index contributed by atoms with van der Waals surface area (Å²) < 4.78 is 44.2. The fraction of sp³-hybridized carbons (Fsp3) is 0.333. The molecule has 3 rings (SSSR count). The van der Waals surface area contributed by atoms with Gasteiger partial charge in [-0.05, 0) is 50.2 Å². The van der Waals surface area contributed by atoms with Gasteiger partial charge < -0.3 is 4.74 Å². The van der Waals surface area contributed by atoms with Gasteiger partial charge in [-0.15, -0.1) is 0 Å². The highest BCUT2D eigenvalue weighted by Crippen LogP contribution is 2.33. The standard InChI is InChI=1S/C18H21N3O6S2/c1-18(2)16(17(22)20-23)21(11-12-28(18)24)29(25,26)15-5-3-13(4-6-15)27-14-7-9-19-10-8-14/h3-10,16,23H,11-12H2,1-2H3,(H,20,22). The van der Waals surface area contributed by atoms with E-state index >= 15 is 0 Å². The van der Waals surface area contributed by atoms with Gasteiger partial charge in [0.15, 0.2) is 0 Å². The van der Waals surface area contributed by atoms with Crippen molar-refractivity contribution in [3.05, 3.63) is 48.8 Å². The molecule has 156 valence electrons. The van der Waals surface area contributed by atoms with Crippen LogP contribution in [0, 0.1) is 0 Å². The van der Waals surface area contributed by atoms with E-state index in [4.69, 9.17) is 9.94 Å². The first-order valence-electron chi connectivity index (χ1n) is 8.70. The maximum Gasteiger partial charge on any atom is 0.263 e. The summed E-state index contributed by atoms with van der Waals surface area (Å²) >= 11 is 0. The number of ether oxygens (including phenoxy) is 1. The minimum Gasteiger partial charge on any atom is -0.457 e. The summed E-state index contributed by atoms with van der Waals surface area (Å²) in [6, 6.07) is 7.76. The van der Waals surface area contributed by atoms with Gasteiger partial charge in [0.1, 0.15) is 17.5 Å². The molecule has 2 atom stereocenters. The molecule has 0 bridgehead atoms. The van der Waals surface area contributed by atoms with Crippen molar-refractivity contribution in [2.45, 2.75) is 29.5 Å².